The van der Waals surface area contributed by atoms with E-state index < -0.39 is 26.0 Å². The predicted molar refractivity (Wildman–Crippen MR) is 145 cm³/mol. The van der Waals surface area contributed by atoms with Crippen LogP contribution in [0.3, 0.4) is 0 Å². The van der Waals surface area contributed by atoms with Gasteiger partial charge in [0.05, 0.1) is 10.6 Å². The molecule has 1 aliphatic rings. The summed E-state index contributed by atoms with van der Waals surface area (Å²) in [5, 5.41) is 0.585. The van der Waals surface area contributed by atoms with Crippen LogP contribution in [0.1, 0.15) is 44.7 Å². The van der Waals surface area contributed by atoms with Crippen LogP contribution < -0.4 is 16.4 Å². The van der Waals surface area contributed by atoms with Gasteiger partial charge in [-0.05, 0) is 87.9 Å². The lowest BCUT2D eigenvalue weighted by Gasteiger charge is -2.38. The summed E-state index contributed by atoms with van der Waals surface area (Å²) in [6.45, 7) is 5.15. The van der Waals surface area contributed by atoms with Crippen molar-refractivity contribution < 1.29 is 25.3 Å². The molecule has 3 rings (SSSR count). The van der Waals surface area contributed by atoms with Crippen molar-refractivity contribution in [1.82, 2.24) is 0 Å². The zero-order valence-corrected chi connectivity index (χ0v) is 23.1. The molecule has 0 aromatic heterocycles. The number of hydrogen-bond acceptors (Lipinski definition) is 9. The number of rotatable bonds is 8. The molecule has 0 fully saturated rings. The molecular weight excluding hydrogens is 545 g/mol. The van der Waals surface area contributed by atoms with Gasteiger partial charge in [0, 0.05) is 10.7 Å². The van der Waals surface area contributed by atoms with Crippen LogP contribution >= 0.6 is 11.6 Å². The lowest BCUT2D eigenvalue weighted by molar-refractivity contribution is 0.484. The minimum Gasteiger partial charge on any atom is -0.369 e. The first-order valence-corrected chi connectivity index (χ1v) is 14.7. The quantitative estimate of drug-likeness (QED) is 0.243. The molecule has 1 heterocycles. The Morgan fingerprint density at radius 2 is 1.54 bits per heavy atom. The average molecular weight is 576 g/mol. The third-order valence-corrected chi connectivity index (χ3v) is 7.13. The molecule has 1 aliphatic heterocycles. The summed E-state index contributed by atoms with van der Waals surface area (Å²) in [5.41, 5.74) is 13.9. The molecular formula is C23H31ClFN5O5S2. The topological polar surface area (TPSA) is 169 Å². The summed E-state index contributed by atoms with van der Waals surface area (Å²) in [4.78, 5) is 9.90. The zero-order valence-electron chi connectivity index (χ0n) is 20.7. The van der Waals surface area contributed by atoms with Crippen molar-refractivity contribution in [3.05, 3.63) is 58.6 Å². The summed E-state index contributed by atoms with van der Waals surface area (Å²) in [6.07, 6.45) is 3.32. The molecule has 0 unspecified atom stereocenters. The van der Waals surface area contributed by atoms with Crippen LogP contribution in [0.25, 0.3) is 0 Å². The fourth-order valence-corrected chi connectivity index (χ4v) is 4.35. The standard InChI is InChI=1S/C21H25ClFN5O2S.C2H6O3S/c1-21(2)27-19(24)26-20(25)28(21)17-12-15(11-16(22)13-17)6-4-3-5-14-7-9-18(10-8-14)31(23,29)30;1-2-6(3,4)5/h7-13H,3-6H2,1-2H3,(H4,24,25,26,27);2H2,1H3,(H,3,4,5). The molecule has 2 aromatic carbocycles. The van der Waals surface area contributed by atoms with E-state index in [0.29, 0.717) is 5.02 Å². The smallest absolute Gasteiger partial charge is 0.332 e. The summed E-state index contributed by atoms with van der Waals surface area (Å²) < 4.78 is 61.7. The number of halogens is 2. The molecule has 0 atom stereocenters. The highest BCUT2D eigenvalue weighted by Gasteiger charge is 2.33. The Kier molecular flexibility index (Phi) is 10.1. The second-order valence-electron chi connectivity index (χ2n) is 8.75. The number of guanidine groups is 2. The fourth-order valence-electron chi connectivity index (χ4n) is 3.63. The molecule has 0 aliphatic carbocycles. The number of unbranched alkanes of at least 4 members (excludes halogenated alkanes) is 1. The lowest BCUT2D eigenvalue weighted by Crippen LogP contribution is -2.54. The summed E-state index contributed by atoms with van der Waals surface area (Å²) in [6, 6.07) is 11.6. The van der Waals surface area contributed by atoms with Gasteiger partial charge in [-0.3, -0.25) is 9.45 Å². The minimum atomic E-state index is -4.66. The molecule has 0 amide bonds. The van der Waals surface area contributed by atoms with Gasteiger partial charge >= 0.3 is 10.2 Å². The first kappa shape index (κ1) is 30.5. The van der Waals surface area contributed by atoms with Gasteiger partial charge in [-0.15, -0.1) is 3.89 Å². The molecule has 10 nitrogen and oxygen atoms in total. The maximum absolute atomic E-state index is 13.0. The second kappa shape index (κ2) is 12.2. The van der Waals surface area contributed by atoms with Gasteiger partial charge in [0.25, 0.3) is 10.1 Å². The van der Waals surface area contributed by atoms with Gasteiger partial charge in [0.1, 0.15) is 5.66 Å². The van der Waals surface area contributed by atoms with E-state index in [4.69, 9.17) is 27.6 Å². The molecule has 0 saturated heterocycles. The van der Waals surface area contributed by atoms with E-state index in [1.54, 1.807) is 17.0 Å². The van der Waals surface area contributed by atoms with Gasteiger partial charge in [0.15, 0.2) is 0 Å². The van der Waals surface area contributed by atoms with Crippen LogP contribution in [0.5, 0.6) is 0 Å². The number of benzene rings is 2. The van der Waals surface area contributed by atoms with E-state index in [1.807, 2.05) is 32.0 Å². The number of aryl methyl sites for hydroxylation is 2. The molecule has 0 saturated carbocycles. The molecule has 2 aromatic rings. The minimum absolute atomic E-state index is 0.137. The Balaban J connectivity index is 0.000000717. The third kappa shape index (κ3) is 9.58. The summed E-state index contributed by atoms with van der Waals surface area (Å²) >= 11 is 6.35. The Bertz CT molecular complexity index is 1380. The molecule has 204 valence electrons. The van der Waals surface area contributed by atoms with E-state index in [-0.39, 0.29) is 22.6 Å². The molecule has 5 N–H and O–H groups in total. The van der Waals surface area contributed by atoms with Crippen molar-refractivity contribution in [2.75, 3.05) is 10.7 Å². The van der Waals surface area contributed by atoms with Crippen molar-refractivity contribution >= 4 is 49.5 Å². The maximum atomic E-state index is 13.0. The van der Waals surface area contributed by atoms with Crippen LogP contribution in [0, 0.1) is 0 Å². The maximum Gasteiger partial charge on any atom is 0.332 e. The largest absolute Gasteiger partial charge is 0.369 e. The molecule has 0 bridgehead atoms. The average Bonchev–Trinajstić information content (AvgIpc) is 2.75. The number of hydrogen-bond donors (Lipinski definition) is 3. The highest BCUT2D eigenvalue weighted by atomic mass is 35.5. The predicted octanol–water partition coefficient (Wildman–Crippen LogP) is 3.64. The van der Waals surface area contributed by atoms with Gasteiger partial charge in [-0.25, -0.2) is 4.99 Å². The van der Waals surface area contributed by atoms with Gasteiger partial charge in [0.2, 0.25) is 11.9 Å². The highest BCUT2D eigenvalue weighted by molar-refractivity contribution is 7.86. The van der Waals surface area contributed by atoms with Gasteiger partial charge < -0.3 is 11.5 Å². The fraction of sp³-hybridized carbons (Fsp3) is 0.391. The van der Waals surface area contributed by atoms with Gasteiger partial charge in [-0.2, -0.15) is 21.8 Å². The Labute approximate surface area is 222 Å². The number of nitrogens with two attached hydrogens (primary N) is 2. The van der Waals surface area contributed by atoms with E-state index in [0.717, 1.165) is 42.5 Å². The van der Waals surface area contributed by atoms with E-state index in [1.165, 1.54) is 19.1 Å². The Morgan fingerprint density at radius 3 is 2.03 bits per heavy atom. The van der Waals surface area contributed by atoms with Crippen LogP contribution in [0.2, 0.25) is 5.02 Å². The molecule has 0 spiro atoms. The SMILES string of the molecule is CC1(C)N=C(N)N=C(N)N1c1cc(Cl)cc(CCCCc2ccc(S(=O)(=O)F)cc2)c1.CCS(=O)(=O)O. The summed E-state index contributed by atoms with van der Waals surface area (Å²) in [7, 11) is -8.32. The van der Waals surface area contributed by atoms with Crippen LogP contribution in [0.4, 0.5) is 9.57 Å². The van der Waals surface area contributed by atoms with Crippen molar-refractivity contribution in [2.45, 2.75) is 57.0 Å². The molecule has 0 radical (unpaired) electrons. The van der Waals surface area contributed by atoms with Crippen molar-refractivity contribution in [2.24, 2.45) is 21.5 Å². The number of nitrogens with zero attached hydrogens (tertiary/aromatic N) is 3. The second-order valence-corrected chi connectivity index (χ2v) is 12.3. The van der Waals surface area contributed by atoms with Crippen LogP contribution in [-0.2, 0) is 33.2 Å². The number of aliphatic imine (C=N–C) groups is 2. The Morgan fingerprint density at radius 1 is 1.00 bits per heavy atom. The number of anilines is 1. The molecule has 37 heavy (non-hydrogen) atoms. The molecule has 14 heteroatoms. The first-order valence-electron chi connectivity index (χ1n) is 11.3. The normalized spacial score (nSPS) is 15.4. The first-order chi connectivity index (χ1) is 17.0. The van der Waals surface area contributed by atoms with Gasteiger partial charge in [-0.1, -0.05) is 23.7 Å². The van der Waals surface area contributed by atoms with E-state index in [9.17, 15) is 20.7 Å². The lowest BCUT2D eigenvalue weighted by atomic mass is 10.0. The van der Waals surface area contributed by atoms with Crippen molar-refractivity contribution in [3.63, 3.8) is 0 Å². The highest BCUT2D eigenvalue weighted by Crippen LogP contribution is 2.31. The third-order valence-electron chi connectivity index (χ3n) is 5.34. The van der Waals surface area contributed by atoms with Crippen LogP contribution in [0.15, 0.2) is 57.3 Å². The van der Waals surface area contributed by atoms with Crippen molar-refractivity contribution in [1.29, 1.82) is 0 Å². The summed E-state index contributed by atoms with van der Waals surface area (Å²) in [5.74, 6) is 0.190. The van der Waals surface area contributed by atoms with E-state index in [2.05, 4.69) is 9.98 Å². The van der Waals surface area contributed by atoms with Crippen LogP contribution in [-0.4, -0.2) is 44.7 Å². The zero-order chi connectivity index (χ0) is 28.0. The monoisotopic (exact) mass is 575 g/mol. The van der Waals surface area contributed by atoms with E-state index >= 15 is 0 Å². The van der Waals surface area contributed by atoms with Crippen molar-refractivity contribution in [3.8, 4) is 0 Å². The Hall–Kier alpha value is -2.74.